The van der Waals surface area contributed by atoms with E-state index in [9.17, 15) is 8.42 Å². The summed E-state index contributed by atoms with van der Waals surface area (Å²) >= 11 is 6.78. The van der Waals surface area contributed by atoms with Crippen molar-refractivity contribution in [2.75, 3.05) is 18.1 Å². The van der Waals surface area contributed by atoms with Crippen LogP contribution in [-0.4, -0.2) is 26.5 Å². The van der Waals surface area contributed by atoms with E-state index in [4.69, 9.17) is 4.74 Å². The van der Waals surface area contributed by atoms with Crippen molar-refractivity contribution in [3.8, 4) is 5.75 Å². The van der Waals surface area contributed by atoms with Crippen LogP contribution in [0.3, 0.4) is 0 Å². The minimum Gasteiger partial charge on any atom is -0.491 e. The van der Waals surface area contributed by atoms with Crippen molar-refractivity contribution in [2.24, 2.45) is 0 Å². The summed E-state index contributed by atoms with van der Waals surface area (Å²) in [7, 11) is -2.98. The maximum Gasteiger partial charge on any atom is 0.153 e. The molecule has 0 aliphatic heterocycles. The third-order valence-corrected chi connectivity index (χ3v) is 5.40. The standard InChI is InChI=1S/C12H16Br2O3S/c1-2-6-18(15,16)7-5-17-12-4-3-10(9-13)8-11(12)14/h3-4,8H,2,5-7,9H2,1H3. The zero-order valence-corrected chi connectivity index (χ0v) is 14.1. The molecule has 0 saturated heterocycles. The van der Waals surface area contributed by atoms with Crippen molar-refractivity contribution in [3.05, 3.63) is 28.2 Å². The lowest BCUT2D eigenvalue weighted by molar-refractivity contribution is 0.338. The number of ether oxygens (including phenoxy) is 1. The molecule has 0 radical (unpaired) electrons. The molecule has 1 aromatic rings. The van der Waals surface area contributed by atoms with Gasteiger partial charge in [-0.1, -0.05) is 28.9 Å². The van der Waals surface area contributed by atoms with Gasteiger partial charge < -0.3 is 4.74 Å². The predicted molar refractivity (Wildman–Crippen MR) is 81.2 cm³/mol. The number of alkyl halides is 1. The van der Waals surface area contributed by atoms with Crippen LogP contribution in [-0.2, 0) is 15.2 Å². The van der Waals surface area contributed by atoms with E-state index in [1.807, 2.05) is 25.1 Å². The topological polar surface area (TPSA) is 43.4 Å². The van der Waals surface area contributed by atoms with E-state index in [0.29, 0.717) is 12.2 Å². The average Bonchev–Trinajstić information content (AvgIpc) is 2.31. The van der Waals surface area contributed by atoms with Crippen LogP contribution in [0.25, 0.3) is 0 Å². The lowest BCUT2D eigenvalue weighted by atomic mass is 10.2. The van der Waals surface area contributed by atoms with Gasteiger partial charge in [-0.3, -0.25) is 0 Å². The van der Waals surface area contributed by atoms with Crippen molar-refractivity contribution in [1.29, 1.82) is 0 Å². The molecule has 1 rings (SSSR count). The van der Waals surface area contributed by atoms with E-state index in [0.717, 1.165) is 15.4 Å². The highest BCUT2D eigenvalue weighted by molar-refractivity contribution is 9.10. The van der Waals surface area contributed by atoms with Crippen LogP contribution < -0.4 is 4.74 Å². The molecule has 0 saturated carbocycles. The molecule has 0 fully saturated rings. The van der Waals surface area contributed by atoms with E-state index in [2.05, 4.69) is 31.9 Å². The quantitative estimate of drug-likeness (QED) is 0.658. The van der Waals surface area contributed by atoms with E-state index in [1.165, 1.54) is 0 Å². The van der Waals surface area contributed by atoms with Crippen molar-refractivity contribution in [1.82, 2.24) is 0 Å². The predicted octanol–water partition coefficient (Wildman–Crippen LogP) is 3.55. The van der Waals surface area contributed by atoms with Crippen LogP contribution in [0.5, 0.6) is 5.75 Å². The van der Waals surface area contributed by atoms with Crippen LogP contribution in [0, 0.1) is 0 Å². The molecule has 0 aliphatic carbocycles. The van der Waals surface area contributed by atoms with Gasteiger partial charge in [0.05, 0.1) is 16.0 Å². The van der Waals surface area contributed by atoms with Gasteiger partial charge in [-0.15, -0.1) is 0 Å². The molecule has 1 aromatic carbocycles. The summed E-state index contributed by atoms with van der Waals surface area (Å²) in [6.45, 7) is 2.04. The Morgan fingerprint density at radius 1 is 1.28 bits per heavy atom. The number of hydrogen-bond acceptors (Lipinski definition) is 3. The number of sulfone groups is 1. The van der Waals surface area contributed by atoms with E-state index in [-0.39, 0.29) is 18.1 Å². The van der Waals surface area contributed by atoms with Crippen LogP contribution >= 0.6 is 31.9 Å². The number of benzene rings is 1. The van der Waals surface area contributed by atoms with Gasteiger partial charge in [-0.25, -0.2) is 8.42 Å². The number of rotatable bonds is 7. The summed E-state index contributed by atoms with van der Waals surface area (Å²) in [5.74, 6) is 0.958. The summed E-state index contributed by atoms with van der Waals surface area (Å²) in [5, 5.41) is 0.775. The van der Waals surface area contributed by atoms with Crippen molar-refractivity contribution in [2.45, 2.75) is 18.7 Å². The normalized spacial score (nSPS) is 11.5. The summed E-state index contributed by atoms with van der Waals surface area (Å²) in [6, 6.07) is 5.73. The van der Waals surface area contributed by atoms with E-state index >= 15 is 0 Å². The maximum atomic E-state index is 11.5. The Hall–Kier alpha value is -0.0700. The molecule has 6 heteroatoms. The summed E-state index contributed by atoms with van der Waals surface area (Å²) in [6.07, 6.45) is 0.645. The molecule has 0 aromatic heterocycles. The van der Waals surface area contributed by atoms with Gasteiger partial charge in [0, 0.05) is 5.33 Å². The fraction of sp³-hybridized carbons (Fsp3) is 0.500. The highest BCUT2D eigenvalue weighted by Crippen LogP contribution is 2.26. The van der Waals surface area contributed by atoms with Crippen molar-refractivity contribution < 1.29 is 13.2 Å². The molecule has 0 spiro atoms. The van der Waals surface area contributed by atoms with Crippen LogP contribution in [0.1, 0.15) is 18.9 Å². The SMILES string of the molecule is CCCS(=O)(=O)CCOc1ccc(CBr)cc1Br. The fourth-order valence-electron chi connectivity index (χ4n) is 1.44. The van der Waals surface area contributed by atoms with Crippen LogP contribution in [0.4, 0.5) is 0 Å². The molecule has 0 amide bonds. The molecule has 0 heterocycles. The monoisotopic (exact) mass is 398 g/mol. The van der Waals surface area contributed by atoms with Crippen LogP contribution in [0.2, 0.25) is 0 Å². The highest BCUT2D eigenvalue weighted by atomic mass is 79.9. The lowest BCUT2D eigenvalue weighted by Crippen LogP contribution is -2.16. The van der Waals surface area contributed by atoms with Gasteiger partial charge in [-0.05, 0) is 40.0 Å². The first-order chi connectivity index (χ1) is 8.48. The minimum atomic E-state index is -2.98. The Labute approximate surface area is 125 Å². The zero-order chi connectivity index (χ0) is 13.6. The summed E-state index contributed by atoms with van der Waals surface area (Å²) < 4.78 is 29.3. The Balaban J connectivity index is 2.54. The minimum absolute atomic E-state index is 0.0630. The lowest BCUT2D eigenvalue weighted by Gasteiger charge is -2.09. The smallest absolute Gasteiger partial charge is 0.153 e. The number of halogens is 2. The molecular formula is C12H16Br2O3S. The molecular weight excluding hydrogens is 384 g/mol. The molecule has 0 atom stereocenters. The van der Waals surface area contributed by atoms with Gasteiger partial charge in [0.1, 0.15) is 12.4 Å². The first-order valence-corrected chi connectivity index (χ1v) is 9.39. The van der Waals surface area contributed by atoms with E-state index in [1.54, 1.807) is 0 Å². The molecule has 0 aliphatic rings. The molecule has 3 nitrogen and oxygen atoms in total. The third-order valence-electron chi connectivity index (χ3n) is 2.32. The molecule has 0 unspecified atom stereocenters. The molecule has 0 bridgehead atoms. The Morgan fingerprint density at radius 2 is 2.00 bits per heavy atom. The van der Waals surface area contributed by atoms with Gasteiger partial charge in [0.25, 0.3) is 0 Å². The fourth-order valence-corrected chi connectivity index (χ4v) is 3.49. The maximum absolute atomic E-state index is 11.5. The highest BCUT2D eigenvalue weighted by Gasteiger charge is 2.10. The largest absolute Gasteiger partial charge is 0.491 e. The van der Waals surface area contributed by atoms with Crippen molar-refractivity contribution in [3.63, 3.8) is 0 Å². The van der Waals surface area contributed by atoms with Gasteiger partial charge in [0.15, 0.2) is 9.84 Å². The first-order valence-electron chi connectivity index (χ1n) is 5.66. The second-order valence-corrected chi connectivity index (χ2v) is 7.62. The third kappa shape index (κ3) is 5.28. The van der Waals surface area contributed by atoms with Crippen LogP contribution in [0.15, 0.2) is 22.7 Å². The summed E-state index contributed by atoms with van der Waals surface area (Å²) in [4.78, 5) is 0. The molecule has 102 valence electrons. The zero-order valence-electron chi connectivity index (χ0n) is 10.2. The van der Waals surface area contributed by atoms with E-state index < -0.39 is 9.84 Å². The molecule has 18 heavy (non-hydrogen) atoms. The van der Waals surface area contributed by atoms with Gasteiger partial charge >= 0.3 is 0 Å². The second-order valence-electron chi connectivity index (χ2n) is 3.90. The Morgan fingerprint density at radius 3 is 2.56 bits per heavy atom. The number of hydrogen-bond donors (Lipinski definition) is 0. The van der Waals surface area contributed by atoms with Crippen molar-refractivity contribution >= 4 is 41.7 Å². The van der Waals surface area contributed by atoms with Gasteiger partial charge in [-0.2, -0.15) is 0 Å². The second kappa shape index (κ2) is 7.50. The van der Waals surface area contributed by atoms with Gasteiger partial charge in [0.2, 0.25) is 0 Å². The molecule has 0 N–H and O–H groups in total. The Bertz CT molecular complexity index is 486. The summed E-state index contributed by atoms with van der Waals surface area (Å²) in [5.41, 5.74) is 1.13. The average molecular weight is 400 g/mol. The first kappa shape index (κ1) is 16.0. The Kier molecular flexibility index (Phi) is 6.66.